The van der Waals surface area contributed by atoms with Crippen molar-refractivity contribution in [1.82, 2.24) is 15.3 Å². The lowest BCUT2D eigenvalue weighted by Crippen LogP contribution is -2.25. The van der Waals surface area contributed by atoms with E-state index in [-0.39, 0.29) is 0 Å². The molecule has 3 nitrogen and oxygen atoms in total. The molecule has 13 heavy (non-hydrogen) atoms. The van der Waals surface area contributed by atoms with E-state index in [0.29, 0.717) is 0 Å². The van der Waals surface area contributed by atoms with Crippen LogP contribution in [-0.2, 0) is 6.54 Å². The molecule has 1 fully saturated rings. The van der Waals surface area contributed by atoms with Crippen LogP contribution in [0.4, 0.5) is 0 Å². The van der Waals surface area contributed by atoms with Crippen LogP contribution in [0.15, 0.2) is 6.20 Å². The van der Waals surface area contributed by atoms with Gasteiger partial charge in [0.15, 0.2) is 0 Å². The van der Waals surface area contributed by atoms with Crippen molar-refractivity contribution < 1.29 is 0 Å². The second-order valence-corrected chi connectivity index (χ2v) is 3.86. The normalized spacial score (nSPS) is 18.2. The van der Waals surface area contributed by atoms with Crippen molar-refractivity contribution in [2.45, 2.75) is 45.2 Å². The Labute approximate surface area is 79.0 Å². The Hall–Kier alpha value is -0.830. The number of H-pyrrole nitrogens is 1. The summed E-state index contributed by atoms with van der Waals surface area (Å²) in [7, 11) is 0. The van der Waals surface area contributed by atoms with E-state index in [1.54, 1.807) is 0 Å². The van der Waals surface area contributed by atoms with Crippen molar-refractivity contribution in [3.8, 4) is 0 Å². The Bertz CT molecular complexity index is 261. The maximum absolute atomic E-state index is 4.17. The van der Waals surface area contributed by atoms with E-state index in [1.165, 1.54) is 31.4 Å². The monoisotopic (exact) mass is 179 g/mol. The molecule has 0 bridgehead atoms. The minimum atomic E-state index is 0.739. The first kappa shape index (κ1) is 8.75. The van der Waals surface area contributed by atoms with Crippen LogP contribution < -0.4 is 5.32 Å². The number of hydrogen-bond donors (Lipinski definition) is 2. The Morgan fingerprint density at radius 1 is 1.54 bits per heavy atom. The number of aryl methyl sites for hydroxylation is 1. The highest BCUT2D eigenvalue weighted by Gasteiger charge is 2.13. The number of aromatic nitrogens is 2. The molecule has 1 aliphatic rings. The Kier molecular flexibility index (Phi) is 2.64. The van der Waals surface area contributed by atoms with Gasteiger partial charge in [0, 0.05) is 24.5 Å². The topological polar surface area (TPSA) is 40.7 Å². The van der Waals surface area contributed by atoms with Crippen molar-refractivity contribution in [3.63, 3.8) is 0 Å². The highest BCUT2D eigenvalue weighted by Crippen LogP contribution is 2.17. The smallest absolute Gasteiger partial charge is 0.103 e. The van der Waals surface area contributed by atoms with Crippen LogP contribution in [0, 0.1) is 6.92 Å². The minimum Gasteiger partial charge on any atom is -0.345 e. The van der Waals surface area contributed by atoms with Crippen LogP contribution in [0.2, 0.25) is 0 Å². The van der Waals surface area contributed by atoms with Gasteiger partial charge < -0.3 is 10.3 Å². The summed E-state index contributed by atoms with van der Waals surface area (Å²) >= 11 is 0. The third kappa shape index (κ3) is 2.31. The fourth-order valence-electron chi connectivity index (χ4n) is 1.95. The van der Waals surface area contributed by atoms with Gasteiger partial charge in [-0.05, 0) is 19.8 Å². The standard InChI is InChI=1S/C10H17N3/c1-8-11-6-10(13-8)7-12-9-4-2-3-5-9/h6,9,12H,2-5,7H2,1H3,(H,11,13). The molecule has 1 aliphatic carbocycles. The quantitative estimate of drug-likeness (QED) is 0.742. The summed E-state index contributed by atoms with van der Waals surface area (Å²) in [6.07, 6.45) is 7.37. The highest BCUT2D eigenvalue weighted by molar-refractivity contribution is 4.99. The number of nitrogens with zero attached hydrogens (tertiary/aromatic N) is 1. The van der Waals surface area contributed by atoms with Gasteiger partial charge in [-0.25, -0.2) is 4.98 Å². The highest BCUT2D eigenvalue weighted by atomic mass is 15.0. The molecule has 2 rings (SSSR count). The second-order valence-electron chi connectivity index (χ2n) is 3.86. The molecule has 1 aromatic heterocycles. The average Bonchev–Trinajstić information content (AvgIpc) is 2.71. The van der Waals surface area contributed by atoms with Gasteiger partial charge >= 0.3 is 0 Å². The van der Waals surface area contributed by atoms with Gasteiger partial charge in [0.25, 0.3) is 0 Å². The lowest BCUT2D eigenvalue weighted by molar-refractivity contribution is 0.520. The fourth-order valence-corrected chi connectivity index (χ4v) is 1.95. The first-order chi connectivity index (χ1) is 6.34. The van der Waals surface area contributed by atoms with E-state index < -0.39 is 0 Å². The summed E-state index contributed by atoms with van der Waals surface area (Å²) in [4.78, 5) is 7.39. The Morgan fingerprint density at radius 2 is 2.31 bits per heavy atom. The van der Waals surface area contributed by atoms with Crippen LogP contribution >= 0.6 is 0 Å². The molecule has 1 aromatic rings. The van der Waals surface area contributed by atoms with Crippen molar-refractivity contribution in [2.24, 2.45) is 0 Å². The molecule has 2 N–H and O–H groups in total. The number of rotatable bonds is 3. The third-order valence-corrected chi connectivity index (χ3v) is 2.69. The molecule has 72 valence electrons. The summed E-state index contributed by atoms with van der Waals surface area (Å²) in [6.45, 7) is 2.92. The molecule has 0 atom stereocenters. The predicted octanol–water partition coefficient (Wildman–Crippen LogP) is 1.75. The molecule has 1 heterocycles. The molecule has 0 aliphatic heterocycles. The van der Waals surface area contributed by atoms with Gasteiger partial charge in [-0.3, -0.25) is 0 Å². The van der Waals surface area contributed by atoms with E-state index in [4.69, 9.17) is 0 Å². The first-order valence-electron chi connectivity index (χ1n) is 5.08. The molecular weight excluding hydrogens is 162 g/mol. The van der Waals surface area contributed by atoms with Crippen molar-refractivity contribution in [2.75, 3.05) is 0 Å². The number of aromatic amines is 1. The zero-order valence-corrected chi connectivity index (χ0v) is 8.14. The number of hydrogen-bond acceptors (Lipinski definition) is 2. The predicted molar refractivity (Wildman–Crippen MR) is 52.4 cm³/mol. The van der Waals surface area contributed by atoms with E-state index >= 15 is 0 Å². The molecule has 0 aromatic carbocycles. The van der Waals surface area contributed by atoms with Gasteiger partial charge in [0.05, 0.1) is 0 Å². The second kappa shape index (κ2) is 3.92. The zero-order chi connectivity index (χ0) is 9.10. The minimum absolute atomic E-state index is 0.739. The lowest BCUT2D eigenvalue weighted by atomic mass is 10.2. The number of imidazole rings is 1. The maximum atomic E-state index is 4.17. The molecule has 1 saturated carbocycles. The van der Waals surface area contributed by atoms with Gasteiger partial charge in [0.1, 0.15) is 5.82 Å². The number of nitrogens with one attached hydrogen (secondary N) is 2. The summed E-state index contributed by atoms with van der Waals surface area (Å²) in [6, 6.07) is 0.739. The van der Waals surface area contributed by atoms with Crippen LogP contribution in [-0.4, -0.2) is 16.0 Å². The van der Waals surface area contributed by atoms with Gasteiger partial charge in [-0.15, -0.1) is 0 Å². The van der Waals surface area contributed by atoms with E-state index in [1.807, 2.05) is 13.1 Å². The average molecular weight is 179 g/mol. The van der Waals surface area contributed by atoms with Gasteiger partial charge in [0.2, 0.25) is 0 Å². The van der Waals surface area contributed by atoms with E-state index in [9.17, 15) is 0 Å². The van der Waals surface area contributed by atoms with Crippen molar-refractivity contribution in [1.29, 1.82) is 0 Å². The van der Waals surface area contributed by atoms with Crippen LogP contribution in [0.5, 0.6) is 0 Å². The zero-order valence-electron chi connectivity index (χ0n) is 8.14. The molecule has 0 spiro atoms. The molecule has 0 unspecified atom stereocenters. The fraction of sp³-hybridized carbons (Fsp3) is 0.700. The molecule has 0 amide bonds. The third-order valence-electron chi connectivity index (χ3n) is 2.69. The summed E-state index contributed by atoms with van der Waals surface area (Å²) in [5, 5.41) is 3.54. The van der Waals surface area contributed by atoms with Gasteiger partial charge in [-0.2, -0.15) is 0 Å². The van der Waals surface area contributed by atoms with Crippen molar-refractivity contribution >= 4 is 0 Å². The Morgan fingerprint density at radius 3 is 2.92 bits per heavy atom. The van der Waals surface area contributed by atoms with Crippen molar-refractivity contribution in [3.05, 3.63) is 17.7 Å². The molecule has 0 saturated heterocycles. The lowest BCUT2D eigenvalue weighted by Gasteiger charge is -2.09. The van der Waals surface area contributed by atoms with E-state index in [2.05, 4.69) is 15.3 Å². The summed E-state index contributed by atoms with van der Waals surface area (Å²) in [5.74, 6) is 1.00. The molecule has 0 radical (unpaired) electrons. The first-order valence-corrected chi connectivity index (χ1v) is 5.08. The maximum Gasteiger partial charge on any atom is 0.103 e. The van der Waals surface area contributed by atoms with Crippen LogP contribution in [0.1, 0.15) is 37.2 Å². The Balaban J connectivity index is 1.78. The summed E-state index contributed by atoms with van der Waals surface area (Å²) in [5.41, 5.74) is 1.20. The molecule has 3 heteroatoms. The van der Waals surface area contributed by atoms with Crippen LogP contribution in [0.3, 0.4) is 0 Å². The largest absolute Gasteiger partial charge is 0.345 e. The van der Waals surface area contributed by atoms with Gasteiger partial charge in [-0.1, -0.05) is 12.8 Å². The summed E-state index contributed by atoms with van der Waals surface area (Å²) < 4.78 is 0. The van der Waals surface area contributed by atoms with E-state index in [0.717, 1.165) is 18.4 Å². The SMILES string of the molecule is Cc1ncc(CNC2CCCC2)[nH]1. The molecular formula is C10H17N3. The van der Waals surface area contributed by atoms with Crippen LogP contribution in [0.25, 0.3) is 0 Å².